The highest BCUT2D eigenvalue weighted by atomic mass is 32.2. The summed E-state index contributed by atoms with van der Waals surface area (Å²) in [5.74, 6) is 1.06. The Hall–Kier alpha value is -4.81. The van der Waals surface area contributed by atoms with Gasteiger partial charge in [-0.15, -0.1) is 10.2 Å². The molecule has 0 atom stereocenters. The zero-order valence-corrected chi connectivity index (χ0v) is 21.2. The number of hydrogen-bond acceptors (Lipinski definition) is 7. The largest absolute Gasteiger partial charge is 0.438 e. The molecule has 0 spiro atoms. The Morgan fingerprint density at radius 1 is 0.947 bits per heavy atom. The van der Waals surface area contributed by atoms with Crippen LogP contribution in [-0.4, -0.2) is 26.4 Å². The lowest BCUT2D eigenvalue weighted by atomic mass is 9.98. The van der Waals surface area contributed by atoms with E-state index in [0.29, 0.717) is 16.5 Å². The first-order chi connectivity index (χ1) is 18.6. The zero-order chi connectivity index (χ0) is 26.3. The Morgan fingerprint density at radius 2 is 1.58 bits per heavy atom. The molecule has 9 heteroatoms. The van der Waals surface area contributed by atoms with Crippen LogP contribution in [0.4, 0.5) is 11.8 Å². The highest BCUT2D eigenvalue weighted by Crippen LogP contribution is 2.41. The second-order valence-corrected chi connectivity index (χ2v) is 9.48. The van der Waals surface area contributed by atoms with Crippen LogP contribution < -0.4 is 11.1 Å². The standard InChI is InChI=1S/C29H24N6O2S/c30-18-23-25(21-12-6-2-7-13-21)26(22-14-8-3-9-15-22)37-27(23)32-24(36)19-35-28(31)33-34-29(35)38-17-16-20-10-4-1-5-11-20/h1-15H,16-17,19H2,(H2,31,33)(H,32,36). The molecule has 38 heavy (non-hydrogen) atoms. The van der Waals surface area contributed by atoms with Crippen molar-refractivity contribution in [1.82, 2.24) is 14.8 Å². The normalized spacial score (nSPS) is 10.7. The fraction of sp³-hybridized carbons (Fsp3) is 0.103. The number of anilines is 2. The van der Waals surface area contributed by atoms with Gasteiger partial charge in [0.1, 0.15) is 23.9 Å². The van der Waals surface area contributed by atoms with E-state index < -0.39 is 5.91 Å². The van der Waals surface area contributed by atoms with Gasteiger partial charge in [-0.05, 0) is 17.5 Å². The van der Waals surface area contributed by atoms with Crippen molar-refractivity contribution < 1.29 is 9.21 Å². The quantitative estimate of drug-likeness (QED) is 0.241. The van der Waals surface area contributed by atoms with Crippen LogP contribution in [0.3, 0.4) is 0 Å². The van der Waals surface area contributed by atoms with E-state index in [1.54, 1.807) is 4.57 Å². The number of thioether (sulfide) groups is 1. The number of nitrogens with one attached hydrogen (secondary N) is 1. The molecule has 0 radical (unpaired) electrons. The minimum absolute atomic E-state index is 0.0835. The molecule has 3 N–H and O–H groups in total. The van der Waals surface area contributed by atoms with E-state index in [0.717, 1.165) is 23.3 Å². The molecule has 0 unspecified atom stereocenters. The molecule has 0 saturated heterocycles. The van der Waals surface area contributed by atoms with Crippen LogP contribution in [0.25, 0.3) is 22.5 Å². The van der Waals surface area contributed by atoms with Gasteiger partial charge in [-0.1, -0.05) is 103 Å². The van der Waals surface area contributed by atoms with Gasteiger partial charge in [0.15, 0.2) is 5.16 Å². The minimum atomic E-state index is -0.411. The predicted molar refractivity (Wildman–Crippen MR) is 148 cm³/mol. The summed E-state index contributed by atoms with van der Waals surface area (Å²) < 4.78 is 7.66. The number of carbonyl (C=O) groups is 1. The number of aryl methyl sites for hydroxylation is 1. The van der Waals surface area contributed by atoms with Crippen molar-refractivity contribution in [2.45, 2.75) is 18.1 Å². The van der Waals surface area contributed by atoms with Crippen LogP contribution in [0.1, 0.15) is 11.1 Å². The second kappa shape index (κ2) is 11.5. The van der Waals surface area contributed by atoms with Gasteiger partial charge in [0, 0.05) is 16.9 Å². The summed E-state index contributed by atoms with van der Waals surface area (Å²) in [6.07, 6.45) is 0.840. The number of carbonyl (C=O) groups excluding carboxylic acids is 1. The van der Waals surface area contributed by atoms with E-state index in [4.69, 9.17) is 10.2 Å². The Kier molecular flexibility index (Phi) is 7.52. The number of nitrogens with two attached hydrogens (primary N) is 1. The molecular formula is C29H24N6O2S. The van der Waals surface area contributed by atoms with Gasteiger partial charge in [0.2, 0.25) is 17.7 Å². The van der Waals surface area contributed by atoms with Gasteiger partial charge in [0.05, 0.1) is 0 Å². The number of nitrogens with zero attached hydrogens (tertiary/aromatic N) is 4. The van der Waals surface area contributed by atoms with Crippen LogP contribution in [0.5, 0.6) is 0 Å². The molecule has 5 rings (SSSR count). The lowest BCUT2D eigenvalue weighted by molar-refractivity contribution is -0.116. The number of rotatable bonds is 9. The molecule has 0 aliphatic heterocycles. The van der Waals surface area contributed by atoms with E-state index >= 15 is 0 Å². The third-order valence-corrected chi connectivity index (χ3v) is 6.85. The van der Waals surface area contributed by atoms with E-state index in [1.807, 2.05) is 78.9 Å². The van der Waals surface area contributed by atoms with E-state index in [1.165, 1.54) is 17.3 Å². The molecule has 0 aliphatic carbocycles. The number of furan rings is 1. The highest BCUT2D eigenvalue weighted by Gasteiger charge is 2.25. The van der Waals surface area contributed by atoms with Crippen molar-refractivity contribution in [3.8, 4) is 28.5 Å². The lowest BCUT2D eigenvalue weighted by Crippen LogP contribution is -2.20. The second-order valence-electron chi connectivity index (χ2n) is 8.41. The summed E-state index contributed by atoms with van der Waals surface area (Å²) >= 11 is 1.47. The summed E-state index contributed by atoms with van der Waals surface area (Å²) in [6, 6.07) is 31.3. The number of nitrogen functional groups attached to an aromatic ring is 1. The van der Waals surface area contributed by atoms with Gasteiger partial charge in [-0.2, -0.15) is 5.26 Å². The molecule has 0 fully saturated rings. The molecule has 188 valence electrons. The van der Waals surface area contributed by atoms with Crippen molar-refractivity contribution in [2.24, 2.45) is 0 Å². The maximum Gasteiger partial charge on any atom is 0.246 e. The monoisotopic (exact) mass is 520 g/mol. The van der Waals surface area contributed by atoms with Crippen molar-refractivity contribution >= 4 is 29.5 Å². The molecule has 8 nitrogen and oxygen atoms in total. The van der Waals surface area contributed by atoms with E-state index in [9.17, 15) is 10.1 Å². The Labute approximate surface area is 224 Å². The minimum Gasteiger partial charge on any atom is -0.438 e. The maximum atomic E-state index is 13.1. The Bertz CT molecular complexity index is 1570. The van der Waals surface area contributed by atoms with Gasteiger partial charge >= 0.3 is 0 Å². The lowest BCUT2D eigenvalue weighted by Gasteiger charge is -2.08. The van der Waals surface area contributed by atoms with Crippen LogP contribution >= 0.6 is 11.8 Å². The first kappa shape index (κ1) is 24.9. The highest BCUT2D eigenvalue weighted by molar-refractivity contribution is 7.99. The van der Waals surface area contributed by atoms with Crippen molar-refractivity contribution in [2.75, 3.05) is 16.8 Å². The molecule has 0 bridgehead atoms. The average molecular weight is 521 g/mol. The zero-order valence-electron chi connectivity index (χ0n) is 20.4. The SMILES string of the molecule is N#Cc1c(NC(=O)Cn2c(N)nnc2SCCc2ccccc2)oc(-c2ccccc2)c1-c1ccccc1. The first-order valence-electron chi connectivity index (χ1n) is 12.0. The summed E-state index contributed by atoms with van der Waals surface area (Å²) in [6.45, 7) is -0.126. The fourth-order valence-corrected chi connectivity index (χ4v) is 5.00. The number of hydrogen-bond donors (Lipinski definition) is 2. The van der Waals surface area contributed by atoms with E-state index in [-0.39, 0.29) is 23.9 Å². The smallest absolute Gasteiger partial charge is 0.246 e. The first-order valence-corrected chi connectivity index (χ1v) is 13.0. The van der Waals surface area contributed by atoms with Crippen LogP contribution in [-0.2, 0) is 17.8 Å². The van der Waals surface area contributed by atoms with Crippen LogP contribution in [0.2, 0.25) is 0 Å². The number of nitriles is 1. The molecule has 0 aliphatic rings. The van der Waals surface area contributed by atoms with E-state index in [2.05, 4.69) is 33.7 Å². The van der Waals surface area contributed by atoms with Gasteiger partial charge in [-0.3, -0.25) is 14.7 Å². The molecular weight excluding hydrogens is 496 g/mol. The molecule has 5 aromatic rings. The van der Waals surface area contributed by atoms with Crippen LogP contribution in [0.15, 0.2) is 101 Å². The average Bonchev–Trinajstić information content (AvgIpc) is 3.49. The van der Waals surface area contributed by atoms with Crippen molar-refractivity contribution in [3.05, 3.63) is 102 Å². The van der Waals surface area contributed by atoms with Gasteiger partial charge in [-0.25, -0.2) is 0 Å². The van der Waals surface area contributed by atoms with Gasteiger partial charge < -0.3 is 10.2 Å². The molecule has 0 saturated carbocycles. The third-order valence-electron chi connectivity index (χ3n) is 5.88. The van der Waals surface area contributed by atoms with Crippen molar-refractivity contribution in [3.63, 3.8) is 0 Å². The summed E-state index contributed by atoms with van der Waals surface area (Å²) in [7, 11) is 0. The number of amides is 1. The number of benzene rings is 3. The van der Waals surface area contributed by atoms with Crippen LogP contribution in [0, 0.1) is 11.3 Å². The topological polar surface area (TPSA) is 123 Å². The van der Waals surface area contributed by atoms with Gasteiger partial charge in [0.25, 0.3) is 0 Å². The fourth-order valence-electron chi connectivity index (χ4n) is 4.07. The molecule has 1 amide bonds. The summed E-state index contributed by atoms with van der Waals surface area (Å²) in [5.41, 5.74) is 9.71. The Morgan fingerprint density at radius 3 is 2.24 bits per heavy atom. The Balaban J connectivity index is 1.38. The molecule has 3 aromatic carbocycles. The number of aromatic nitrogens is 3. The third kappa shape index (κ3) is 5.45. The summed E-state index contributed by atoms with van der Waals surface area (Å²) in [5, 5.41) is 21.5. The molecule has 2 heterocycles. The predicted octanol–water partition coefficient (Wildman–Crippen LogP) is 5.63. The molecule has 2 aromatic heterocycles. The van der Waals surface area contributed by atoms with Crippen molar-refractivity contribution in [1.29, 1.82) is 5.26 Å². The maximum absolute atomic E-state index is 13.1. The summed E-state index contributed by atoms with van der Waals surface area (Å²) in [4.78, 5) is 13.1.